The van der Waals surface area contributed by atoms with Gasteiger partial charge in [-0.15, -0.1) is 0 Å². The molecule has 0 atom stereocenters. The second-order valence-electron chi connectivity index (χ2n) is 3.39. The fourth-order valence-electron chi connectivity index (χ4n) is 1.69. The fraction of sp³-hybridized carbons (Fsp3) is 0. The molecule has 0 amide bonds. The van der Waals surface area contributed by atoms with Gasteiger partial charge in [0.2, 0.25) is 0 Å². The quantitative estimate of drug-likeness (QED) is 0.481. The van der Waals surface area contributed by atoms with Gasteiger partial charge < -0.3 is 9.90 Å². The van der Waals surface area contributed by atoms with Gasteiger partial charge in [-0.2, -0.15) is 0 Å². The minimum Gasteiger partial charge on any atom is -0.545 e. The van der Waals surface area contributed by atoms with Crippen LogP contribution in [0, 0.1) is 0 Å². The molecule has 2 rings (SSSR count). The van der Waals surface area contributed by atoms with Crippen molar-refractivity contribution in [3.05, 3.63) is 46.3 Å². The number of carbonyl (C=O) groups excluding carboxylic acids is 1. The van der Waals surface area contributed by atoms with Gasteiger partial charge in [0.25, 0.3) is 0 Å². The molecule has 0 unspecified atom stereocenters. The van der Waals surface area contributed by atoms with Crippen molar-refractivity contribution < 1.29 is 39.5 Å². The Morgan fingerprint density at radius 2 is 1.69 bits per heavy atom. The predicted molar refractivity (Wildman–Crippen MR) is 58.6 cm³/mol. The van der Waals surface area contributed by atoms with E-state index in [2.05, 4.69) is 13.2 Å². The minimum absolute atomic E-state index is 0. The molecule has 16 heavy (non-hydrogen) atoms. The first-order chi connectivity index (χ1) is 7.11. The van der Waals surface area contributed by atoms with Crippen molar-refractivity contribution in [1.82, 2.24) is 0 Å². The molecule has 0 aliphatic heterocycles. The number of hydrogen-bond donors (Lipinski definition) is 0. The molecule has 0 saturated heterocycles. The Kier molecular flexibility index (Phi) is 3.92. The smallest absolute Gasteiger partial charge is 0.545 e. The van der Waals surface area contributed by atoms with Gasteiger partial charge in [0.1, 0.15) is 0 Å². The van der Waals surface area contributed by atoms with E-state index < -0.39 is 5.97 Å². The van der Waals surface area contributed by atoms with Crippen LogP contribution >= 0.6 is 0 Å². The zero-order valence-electron chi connectivity index (χ0n) is 9.12. The van der Waals surface area contributed by atoms with E-state index in [1.807, 2.05) is 24.3 Å². The molecular formula is C13H9NaO2. The second kappa shape index (κ2) is 4.83. The van der Waals surface area contributed by atoms with Crippen molar-refractivity contribution in [2.45, 2.75) is 0 Å². The monoisotopic (exact) mass is 220 g/mol. The van der Waals surface area contributed by atoms with Crippen molar-refractivity contribution in [3.63, 3.8) is 0 Å². The molecule has 74 valence electrons. The van der Waals surface area contributed by atoms with Crippen molar-refractivity contribution in [2.75, 3.05) is 0 Å². The van der Waals surface area contributed by atoms with Crippen LogP contribution in [0.5, 0.6) is 0 Å². The summed E-state index contributed by atoms with van der Waals surface area (Å²) < 4.78 is 0. The molecule has 0 fully saturated rings. The summed E-state index contributed by atoms with van der Waals surface area (Å²) >= 11 is 0. The number of aromatic carboxylic acids is 1. The van der Waals surface area contributed by atoms with E-state index >= 15 is 0 Å². The molecule has 0 aliphatic rings. The van der Waals surface area contributed by atoms with Gasteiger partial charge >= 0.3 is 29.6 Å². The summed E-state index contributed by atoms with van der Waals surface area (Å²) in [6.07, 6.45) is 0. The molecular weight excluding hydrogens is 211 g/mol. The molecule has 0 heterocycles. The fourth-order valence-corrected chi connectivity index (χ4v) is 1.69. The minimum atomic E-state index is -1.21. The van der Waals surface area contributed by atoms with Crippen molar-refractivity contribution in [1.29, 1.82) is 0 Å². The standard InChI is InChI=1S/C13H10O2.Na/c1-8-7-12(13(14)15)9(2)11-6-4-3-5-10(8)11;/h3-7H,1-2H2,(H,14,15);/q;+1/p-1. The third-order valence-corrected chi connectivity index (χ3v) is 2.46. The summed E-state index contributed by atoms with van der Waals surface area (Å²) in [6.45, 7) is 7.58. The van der Waals surface area contributed by atoms with E-state index in [0.29, 0.717) is 10.4 Å². The van der Waals surface area contributed by atoms with Crippen LogP contribution < -0.4 is 45.1 Å². The number of carboxylic acid groups (broad SMARTS) is 1. The van der Waals surface area contributed by atoms with E-state index in [1.54, 1.807) is 0 Å². The molecule has 0 aromatic heterocycles. The van der Waals surface area contributed by atoms with Gasteiger partial charge in [-0.25, -0.2) is 0 Å². The zero-order chi connectivity index (χ0) is 11.0. The van der Waals surface area contributed by atoms with Crippen molar-refractivity contribution >= 4 is 29.9 Å². The third kappa shape index (κ3) is 2.05. The number of rotatable bonds is 1. The van der Waals surface area contributed by atoms with Crippen LogP contribution in [0.1, 0.15) is 10.4 Å². The first-order valence-corrected chi connectivity index (χ1v) is 4.52. The number of fused-ring (bicyclic) bond motifs is 1. The van der Waals surface area contributed by atoms with E-state index in [4.69, 9.17) is 0 Å². The van der Waals surface area contributed by atoms with Gasteiger partial charge in [-0.3, -0.25) is 0 Å². The topological polar surface area (TPSA) is 40.1 Å². The SMILES string of the molecule is C=c1cc(C(=O)[O-])c(=C)c2ccccc12.[Na+]. The van der Waals surface area contributed by atoms with Crippen LogP contribution in [-0.2, 0) is 0 Å². The number of hydrogen-bond acceptors (Lipinski definition) is 2. The summed E-state index contributed by atoms with van der Waals surface area (Å²) in [6, 6.07) is 8.95. The summed E-state index contributed by atoms with van der Waals surface area (Å²) in [4.78, 5) is 10.8. The Bertz CT molecular complexity index is 647. The number of carbonyl (C=O) groups is 1. The van der Waals surface area contributed by atoms with Gasteiger partial charge in [-0.1, -0.05) is 37.4 Å². The Balaban J connectivity index is 0.00000128. The molecule has 2 nitrogen and oxygen atoms in total. The third-order valence-electron chi connectivity index (χ3n) is 2.46. The Labute approximate surface area is 115 Å². The van der Waals surface area contributed by atoms with Gasteiger partial charge in [0.05, 0.1) is 5.97 Å². The van der Waals surface area contributed by atoms with E-state index in [-0.39, 0.29) is 35.1 Å². The van der Waals surface area contributed by atoms with E-state index in [0.717, 1.165) is 10.8 Å². The molecule has 0 saturated carbocycles. The molecule has 3 heteroatoms. The van der Waals surface area contributed by atoms with Crippen LogP contribution in [0.2, 0.25) is 0 Å². The van der Waals surface area contributed by atoms with Crippen LogP contribution in [0.3, 0.4) is 0 Å². The molecule has 0 bridgehead atoms. The Morgan fingerprint density at radius 3 is 2.25 bits per heavy atom. The van der Waals surface area contributed by atoms with Crippen molar-refractivity contribution in [2.24, 2.45) is 0 Å². The summed E-state index contributed by atoms with van der Waals surface area (Å²) in [5.41, 5.74) is 0.110. The molecule has 2 aromatic carbocycles. The summed E-state index contributed by atoms with van der Waals surface area (Å²) in [7, 11) is 0. The van der Waals surface area contributed by atoms with E-state index in [9.17, 15) is 9.90 Å². The van der Waals surface area contributed by atoms with Crippen LogP contribution in [-0.4, -0.2) is 5.97 Å². The van der Waals surface area contributed by atoms with E-state index in [1.165, 1.54) is 6.07 Å². The van der Waals surface area contributed by atoms with Gasteiger partial charge in [0.15, 0.2) is 0 Å². The molecule has 2 aromatic rings. The summed E-state index contributed by atoms with van der Waals surface area (Å²) in [5.74, 6) is -1.21. The molecule has 0 aliphatic carbocycles. The molecule has 0 N–H and O–H groups in total. The predicted octanol–water partition coefficient (Wildman–Crippen LogP) is -2.97. The normalized spacial score (nSPS) is 9.75. The summed E-state index contributed by atoms with van der Waals surface area (Å²) in [5, 5.41) is 13.7. The maximum Gasteiger partial charge on any atom is 1.00 e. The first-order valence-electron chi connectivity index (χ1n) is 4.52. The van der Waals surface area contributed by atoms with Crippen LogP contribution in [0.25, 0.3) is 23.9 Å². The Hall–Kier alpha value is -1.09. The number of carboxylic acids is 1. The van der Waals surface area contributed by atoms with Gasteiger partial charge in [0, 0.05) is 5.56 Å². The average Bonchev–Trinajstić information content (AvgIpc) is 2.23. The number of benzene rings is 2. The first kappa shape index (κ1) is 13.0. The Morgan fingerprint density at radius 1 is 1.12 bits per heavy atom. The maximum atomic E-state index is 10.8. The molecule has 0 spiro atoms. The van der Waals surface area contributed by atoms with Crippen molar-refractivity contribution in [3.8, 4) is 0 Å². The average molecular weight is 220 g/mol. The largest absolute Gasteiger partial charge is 1.00 e. The molecule has 0 radical (unpaired) electrons. The maximum absolute atomic E-state index is 10.8. The zero-order valence-corrected chi connectivity index (χ0v) is 11.1. The second-order valence-corrected chi connectivity index (χ2v) is 3.39. The van der Waals surface area contributed by atoms with Gasteiger partial charge in [-0.05, 0) is 27.3 Å². The van der Waals surface area contributed by atoms with Crippen LogP contribution in [0.15, 0.2) is 30.3 Å². The van der Waals surface area contributed by atoms with Crippen LogP contribution in [0.4, 0.5) is 0 Å².